The molecular formula is C14H13F2NO3. The van der Waals surface area contributed by atoms with Crippen molar-refractivity contribution in [2.24, 2.45) is 0 Å². The predicted octanol–water partition coefficient (Wildman–Crippen LogP) is 3.36. The van der Waals surface area contributed by atoms with Crippen LogP contribution >= 0.6 is 0 Å². The summed E-state index contributed by atoms with van der Waals surface area (Å²) in [5, 5.41) is 0. The average molecular weight is 281 g/mol. The number of hydrogen-bond acceptors (Lipinski definition) is 4. The molecule has 106 valence electrons. The Morgan fingerprint density at radius 1 is 0.900 bits per heavy atom. The van der Waals surface area contributed by atoms with Crippen molar-refractivity contribution < 1.29 is 23.0 Å². The van der Waals surface area contributed by atoms with Gasteiger partial charge in [0.1, 0.15) is 0 Å². The number of methoxy groups -OCH3 is 2. The third-order valence-corrected chi connectivity index (χ3v) is 2.61. The Bertz CT molecular complexity index is 587. The minimum absolute atomic E-state index is 0.0284. The highest BCUT2D eigenvalue weighted by Crippen LogP contribution is 2.41. The topological polar surface area (TPSA) is 53.7 Å². The number of rotatable bonds is 4. The molecule has 0 fully saturated rings. The molecule has 4 nitrogen and oxygen atoms in total. The van der Waals surface area contributed by atoms with Crippen molar-refractivity contribution in [3.8, 4) is 23.0 Å². The molecule has 6 heteroatoms. The van der Waals surface area contributed by atoms with Crippen LogP contribution < -0.4 is 19.9 Å². The molecule has 0 saturated carbocycles. The second kappa shape index (κ2) is 5.64. The van der Waals surface area contributed by atoms with Crippen molar-refractivity contribution in [1.82, 2.24) is 0 Å². The Labute approximate surface area is 114 Å². The summed E-state index contributed by atoms with van der Waals surface area (Å²) in [5.41, 5.74) is 5.32. The number of anilines is 1. The molecule has 2 aromatic rings. The lowest BCUT2D eigenvalue weighted by atomic mass is 10.2. The first-order valence-corrected chi connectivity index (χ1v) is 5.70. The number of nitrogen functional groups attached to an aromatic ring is 1. The molecule has 0 atom stereocenters. The number of para-hydroxylation sites is 1. The van der Waals surface area contributed by atoms with E-state index in [1.54, 1.807) is 18.2 Å². The summed E-state index contributed by atoms with van der Waals surface area (Å²) >= 11 is 0. The van der Waals surface area contributed by atoms with Crippen LogP contribution in [0.1, 0.15) is 0 Å². The van der Waals surface area contributed by atoms with Gasteiger partial charge in [-0.25, -0.2) is 8.78 Å². The van der Waals surface area contributed by atoms with E-state index in [4.69, 9.17) is 19.9 Å². The Kier molecular flexibility index (Phi) is 3.93. The van der Waals surface area contributed by atoms with E-state index < -0.39 is 17.4 Å². The highest BCUT2D eigenvalue weighted by atomic mass is 19.1. The van der Waals surface area contributed by atoms with E-state index in [1.165, 1.54) is 14.2 Å². The zero-order valence-corrected chi connectivity index (χ0v) is 10.9. The van der Waals surface area contributed by atoms with Crippen molar-refractivity contribution in [3.63, 3.8) is 0 Å². The van der Waals surface area contributed by atoms with Crippen LogP contribution in [0.3, 0.4) is 0 Å². The highest BCUT2D eigenvalue weighted by molar-refractivity contribution is 5.54. The maximum atomic E-state index is 13.7. The minimum Gasteiger partial charge on any atom is -0.493 e. The van der Waals surface area contributed by atoms with E-state index in [1.807, 2.05) is 0 Å². The summed E-state index contributed by atoms with van der Waals surface area (Å²) in [4.78, 5) is 0. The van der Waals surface area contributed by atoms with E-state index in [9.17, 15) is 8.78 Å². The summed E-state index contributed by atoms with van der Waals surface area (Å²) < 4.78 is 42.9. The Morgan fingerprint density at radius 2 is 1.40 bits per heavy atom. The third kappa shape index (κ3) is 2.59. The Balaban J connectivity index is 2.50. The smallest absolute Gasteiger partial charge is 0.211 e. The summed E-state index contributed by atoms with van der Waals surface area (Å²) in [7, 11) is 2.83. The van der Waals surface area contributed by atoms with Crippen molar-refractivity contribution in [2.45, 2.75) is 0 Å². The standard InChI is InChI=1S/C14H13F2NO3/c1-18-11-4-3-5-12(19-2)14(11)20-13-9(15)6-8(17)7-10(13)16/h3-7H,17H2,1-2H3. The molecule has 2 rings (SSSR count). The lowest BCUT2D eigenvalue weighted by molar-refractivity contribution is 0.331. The van der Waals surface area contributed by atoms with Crippen LogP contribution in [0, 0.1) is 11.6 Å². The third-order valence-electron chi connectivity index (χ3n) is 2.61. The first-order chi connectivity index (χ1) is 9.56. The van der Waals surface area contributed by atoms with Crippen LogP contribution in [0.5, 0.6) is 23.0 Å². The quantitative estimate of drug-likeness (QED) is 0.873. The van der Waals surface area contributed by atoms with Crippen LogP contribution in [0.2, 0.25) is 0 Å². The summed E-state index contributed by atoms with van der Waals surface area (Å²) in [6.07, 6.45) is 0. The van der Waals surface area contributed by atoms with E-state index in [2.05, 4.69) is 0 Å². The Morgan fingerprint density at radius 3 is 1.85 bits per heavy atom. The number of hydrogen-bond donors (Lipinski definition) is 1. The van der Waals surface area contributed by atoms with Gasteiger partial charge in [0.15, 0.2) is 28.9 Å². The van der Waals surface area contributed by atoms with Crippen molar-refractivity contribution in [3.05, 3.63) is 42.0 Å². The van der Waals surface area contributed by atoms with E-state index in [-0.39, 0.29) is 11.4 Å². The molecule has 0 saturated heterocycles. The van der Waals surface area contributed by atoms with E-state index in [0.717, 1.165) is 12.1 Å². The van der Waals surface area contributed by atoms with Crippen molar-refractivity contribution in [1.29, 1.82) is 0 Å². The lowest BCUT2D eigenvalue weighted by Crippen LogP contribution is -1.99. The molecule has 0 aliphatic rings. The van der Waals surface area contributed by atoms with Gasteiger partial charge in [0, 0.05) is 17.8 Å². The molecule has 0 heterocycles. The van der Waals surface area contributed by atoms with Gasteiger partial charge in [-0.1, -0.05) is 6.07 Å². The van der Waals surface area contributed by atoms with Gasteiger partial charge in [-0.05, 0) is 12.1 Å². The van der Waals surface area contributed by atoms with Gasteiger partial charge >= 0.3 is 0 Å². The van der Waals surface area contributed by atoms with Gasteiger partial charge in [0.25, 0.3) is 0 Å². The molecule has 0 aromatic heterocycles. The van der Waals surface area contributed by atoms with Crippen LogP contribution in [-0.4, -0.2) is 14.2 Å². The number of ether oxygens (including phenoxy) is 3. The fourth-order valence-electron chi connectivity index (χ4n) is 1.70. The number of halogens is 2. The lowest BCUT2D eigenvalue weighted by Gasteiger charge is -2.14. The largest absolute Gasteiger partial charge is 0.493 e. The van der Waals surface area contributed by atoms with Gasteiger partial charge in [0.05, 0.1) is 14.2 Å². The molecule has 0 aliphatic carbocycles. The second-order valence-corrected chi connectivity index (χ2v) is 3.91. The maximum absolute atomic E-state index is 13.7. The molecule has 2 aromatic carbocycles. The molecule has 0 spiro atoms. The van der Waals surface area contributed by atoms with Crippen LogP contribution in [0.4, 0.5) is 14.5 Å². The zero-order chi connectivity index (χ0) is 14.7. The van der Waals surface area contributed by atoms with E-state index >= 15 is 0 Å². The fourth-order valence-corrected chi connectivity index (χ4v) is 1.70. The Hall–Kier alpha value is -2.50. The van der Waals surface area contributed by atoms with Gasteiger partial charge in [-0.3, -0.25) is 0 Å². The SMILES string of the molecule is COc1cccc(OC)c1Oc1c(F)cc(N)cc1F. The monoisotopic (exact) mass is 281 g/mol. The zero-order valence-electron chi connectivity index (χ0n) is 10.9. The van der Waals surface area contributed by atoms with Gasteiger partial charge in [-0.15, -0.1) is 0 Å². The molecule has 0 unspecified atom stereocenters. The van der Waals surface area contributed by atoms with Crippen LogP contribution in [-0.2, 0) is 0 Å². The second-order valence-electron chi connectivity index (χ2n) is 3.91. The van der Waals surface area contributed by atoms with Crippen LogP contribution in [0.25, 0.3) is 0 Å². The predicted molar refractivity (Wildman–Crippen MR) is 70.4 cm³/mol. The van der Waals surface area contributed by atoms with Crippen molar-refractivity contribution >= 4 is 5.69 Å². The molecule has 0 radical (unpaired) electrons. The first kappa shape index (κ1) is 13.9. The fraction of sp³-hybridized carbons (Fsp3) is 0.143. The van der Waals surface area contributed by atoms with E-state index in [0.29, 0.717) is 11.5 Å². The van der Waals surface area contributed by atoms with Gasteiger partial charge in [-0.2, -0.15) is 0 Å². The van der Waals surface area contributed by atoms with Crippen LogP contribution in [0.15, 0.2) is 30.3 Å². The first-order valence-electron chi connectivity index (χ1n) is 5.70. The summed E-state index contributed by atoms with van der Waals surface area (Å²) in [6.45, 7) is 0. The summed E-state index contributed by atoms with van der Waals surface area (Å²) in [5.74, 6) is -1.71. The minimum atomic E-state index is -0.907. The average Bonchev–Trinajstić information content (AvgIpc) is 2.42. The molecule has 0 amide bonds. The molecule has 0 bridgehead atoms. The summed E-state index contributed by atoms with van der Waals surface area (Å²) in [6, 6.07) is 6.79. The molecular weight excluding hydrogens is 268 g/mol. The number of nitrogens with two attached hydrogens (primary N) is 1. The molecule has 0 aliphatic heterocycles. The molecule has 20 heavy (non-hydrogen) atoms. The van der Waals surface area contributed by atoms with Crippen molar-refractivity contribution in [2.75, 3.05) is 20.0 Å². The number of benzene rings is 2. The maximum Gasteiger partial charge on any atom is 0.211 e. The normalized spacial score (nSPS) is 10.2. The van der Waals surface area contributed by atoms with Gasteiger partial charge < -0.3 is 19.9 Å². The van der Waals surface area contributed by atoms with Gasteiger partial charge in [0.2, 0.25) is 5.75 Å². The molecule has 2 N–H and O–H groups in total. The highest BCUT2D eigenvalue weighted by Gasteiger charge is 2.18.